The minimum Gasteiger partial charge on any atom is -0.472 e. The Bertz CT molecular complexity index is 1010. The number of halogens is 3. The van der Waals surface area contributed by atoms with E-state index < -0.39 is 24.2 Å². The van der Waals surface area contributed by atoms with E-state index in [1.165, 1.54) is 18.7 Å². The molecule has 0 saturated carbocycles. The lowest BCUT2D eigenvalue weighted by atomic mass is 9.95. The number of anilines is 1. The van der Waals surface area contributed by atoms with Crippen molar-refractivity contribution in [2.75, 3.05) is 5.32 Å². The Hall–Kier alpha value is -3.23. The Labute approximate surface area is 171 Å². The number of aryl methyl sites for hydroxylation is 1. The Morgan fingerprint density at radius 1 is 1.27 bits per heavy atom. The molecule has 158 valence electrons. The van der Waals surface area contributed by atoms with Crippen molar-refractivity contribution in [1.82, 2.24) is 15.1 Å². The van der Waals surface area contributed by atoms with Crippen LogP contribution in [0.15, 0.2) is 53.5 Å². The summed E-state index contributed by atoms with van der Waals surface area (Å²) >= 11 is 0. The van der Waals surface area contributed by atoms with Gasteiger partial charge in [-0.3, -0.25) is 4.79 Å². The average Bonchev–Trinajstić information content (AvgIpc) is 3.40. The van der Waals surface area contributed by atoms with Gasteiger partial charge in [0.1, 0.15) is 11.4 Å². The van der Waals surface area contributed by atoms with Crippen molar-refractivity contribution in [2.45, 2.75) is 44.6 Å². The fourth-order valence-corrected chi connectivity index (χ4v) is 3.60. The number of nitrogens with one attached hydrogen (secondary N) is 2. The van der Waals surface area contributed by atoms with Gasteiger partial charge in [-0.25, -0.2) is 4.68 Å². The van der Waals surface area contributed by atoms with E-state index in [0.717, 1.165) is 27.8 Å². The monoisotopic (exact) mass is 418 g/mol. The maximum Gasteiger partial charge on any atom is 0.410 e. The molecule has 30 heavy (non-hydrogen) atoms. The van der Waals surface area contributed by atoms with Crippen LogP contribution in [0, 0.1) is 0 Å². The number of hydrogen-bond donors (Lipinski definition) is 2. The van der Waals surface area contributed by atoms with Crippen LogP contribution in [0.5, 0.6) is 0 Å². The first-order valence-electron chi connectivity index (χ1n) is 9.65. The van der Waals surface area contributed by atoms with Crippen LogP contribution in [0.25, 0.3) is 0 Å². The highest BCUT2D eigenvalue weighted by Gasteiger charge is 2.47. The number of alkyl halides is 3. The predicted octanol–water partition coefficient (Wildman–Crippen LogP) is 4.63. The number of rotatable bonds is 5. The van der Waals surface area contributed by atoms with Crippen LogP contribution < -0.4 is 10.6 Å². The van der Waals surface area contributed by atoms with Gasteiger partial charge in [-0.1, -0.05) is 31.2 Å². The minimum absolute atomic E-state index is 0.0674. The summed E-state index contributed by atoms with van der Waals surface area (Å²) in [5, 5.41) is 9.66. The molecule has 0 aliphatic carbocycles. The van der Waals surface area contributed by atoms with Crippen molar-refractivity contribution in [3.05, 3.63) is 71.3 Å². The lowest BCUT2D eigenvalue weighted by Crippen LogP contribution is -2.36. The Morgan fingerprint density at radius 3 is 2.67 bits per heavy atom. The summed E-state index contributed by atoms with van der Waals surface area (Å²) in [5.41, 5.74) is 2.66. The second-order valence-corrected chi connectivity index (χ2v) is 7.25. The fraction of sp³-hybridized carbons (Fsp3) is 0.333. The lowest BCUT2D eigenvalue weighted by Gasteiger charge is -2.34. The zero-order chi connectivity index (χ0) is 21.3. The molecule has 4 rings (SSSR count). The predicted molar refractivity (Wildman–Crippen MR) is 104 cm³/mol. The summed E-state index contributed by atoms with van der Waals surface area (Å²) in [5.74, 6) is -0.439. The molecule has 0 unspecified atom stereocenters. The Kier molecular flexibility index (Phi) is 5.27. The van der Waals surface area contributed by atoms with Crippen LogP contribution in [0.4, 0.5) is 19.0 Å². The molecule has 9 heteroatoms. The van der Waals surface area contributed by atoms with Gasteiger partial charge in [0.25, 0.3) is 5.91 Å². The molecular weight excluding hydrogens is 397 g/mol. The zero-order valence-electron chi connectivity index (χ0n) is 16.2. The lowest BCUT2D eigenvalue weighted by molar-refractivity contribution is -0.173. The number of hydrogen-bond acceptors (Lipinski definition) is 4. The van der Waals surface area contributed by atoms with Crippen LogP contribution in [-0.2, 0) is 13.0 Å². The van der Waals surface area contributed by atoms with Crippen LogP contribution in [0.1, 0.15) is 52.5 Å². The van der Waals surface area contributed by atoms with E-state index in [1.807, 2.05) is 31.2 Å². The van der Waals surface area contributed by atoms with Gasteiger partial charge < -0.3 is 15.1 Å². The van der Waals surface area contributed by atoms with E-state index in [2.05, 4.69) is 15.7 Å². The molecular formula is C21H21F3N4O2. The molecule has 2 N–H and O–H groups in total. The fourth-order valence-electron chi connectivity index (χ4n) is 3.60. The highest BCUT2D eigenvalue weighted by molar-refractivity contribution is 5.98. The molecule has 1 amide bonds. The third-order valence-electron chi connectivity index (χ3n) is 5.31. The second kappa shape index (κ2) is 7.89. The first-order chi connectivity index (χ1) is 14.4. The normalized spacial score (nSPS) is 18.5. The van der Waals surface area contributed by atoms with E-state index in [-0.39, 0.29) is 24.3 Å². The van der Waals surface area contributed by atoms with Gasteiger partial charge in [-0.05, 0) is 23.6 Å². The van der Waals surface area contributed by atoms with Gasteiger partial charge in [0.15, 0.2) is 6.04 Å². The Balaban J connectivity index is 1.63. The summed E-state index contributed by atoms with van der Waals surface area (Å²) in [6.45, 7) is 2.21. The number of amides is 1. The topological polar surface area (TPSA) is 72.1 Å². The van der Waals surface area contributed by atoms with Crippen molar-refractivity contribution in [2.24, 2.45) is 0 Å². The summed E-state index contributed by atoms with van der Waals surface area (Å²) in [4.78, 5) is 12.6. The van der Waals surface area contributed by atoms with Crippen molar-refractivity contribution in [3.63, 3.8) is 0 Å². The molecule has 3 heterocycles. The molecule has 6 nitrogen and oxygen atoms in total. The van der Waals surface area contributed by atoms with Gasteiger partial charge >= 0.3 is 6.18 Å². The van der Waals surface area contributed by atoms with Crippen molar-refractivity contribution >= 4 is 11.7 Å². The molecule has 0 radical (unpaired) electrons. The summed E-state index contributed by atoms with van der Waals surface area (Å²) in [6.07, 6.45) is 0.287. The quantitative estimate of drug-likeness (QED) is 0.634. The van der Waals surface area contributed by atoms with Gasteiger partial charge in [-0.15, -0.1) is 0 Å². The molecule has 2 atom stereocenters. The molecule has 1 aromatic carbocycles. The largest absolute Gasteiger partial charge is 0.472 e. The maximum atomic E-state index is 13.8. The zero-order valence-corrected chi connectivity index (χ0v) is 16.2. The molecule has 1 aliphatic heterocycles. The van der Waals surface area contributed by atoms with Crippen molar-refractivity contribution < 1.29 is 22.4 Å². The van der Waals surface area contributed by atoms with Crippen molar-refractivity contribution in [3.8, 4) is 0 Å². The van der Waals surface area contributed by atoms with Crippen molar-refractivity contribution in [1.29, 1.82) is 0 Å². The summed E-state index contributed by atoms with van der Waals surface area (Å²) in [7, 11) is 0. The number of carbonyl (C=O) groups is 1. The first kappa shape index (κ1) is 20.1. The SMILES string of the molecule is CCc1ccc([C@@H]2C[C@H](C(F)(F)F)n3ncc(C(=O)NCc4ccoc4)c3N2)cc1. The molecule has 0 saturated heterocycles. The van der Waals surface area contributed by atoms with E-state index in [4.69, 9.17) is 4.42 Å². The van der Waals surface area contributed by atoms with E-state index in [0.29, 0.717) is 0 Å². The summed E-state index contributed by atoms with van der Waals surface area (Å²) in [6, 6.07) is 6.76. The van der Waals surface area contributed by atoms with Crippen LogP contribution in [0.2, 0.25) is 0 Å². The third-order valence-corrected chi connectivity index (χ3v) is 5.31. The smallest absolute Gasteiger partial charge is 0.410 e. The van der Waals surface area contributed by atoms with Gasteiger partial charge in [0.2, 0.25) is 0 Å². The molecule has 0 bridgehead atoms. The maximum absolute atomic E-state index is 13.8. The van der Waals surface area contributed by atoms with Gasteiger partial charge in [0, 0.05) is 18.5 Å². The first-order valence-corrected chi connectivity index (χ1v) is 9.65. The number of aromatic nitrogens is 2. The highest BCUT2D eigenvalue weighted by atomic mass is 19.4. The van der Waals surface area contributed by atoms with Gasteiger partial charge in [-0.2, -0.15) is 18.3 Å². The number of nitrogens with zero attached hydrogens (tertiary/aromatic N) is 2. The van der Waals surface area contributed by atoms with E-state index in [9.17, 15) is 18.0 Å². The minimum atomic E-state index is -4.49. The van der Waals surface area contributed by atoms with Crippen LogP contribution in [0.3, 0.4) is 0 Å². The van der Waals surface area contributed by atoms with E-state index >= 15 is 0 Å². The number of carbonyl (C=O) groups excluding carboxylic acids is 1. The second-order valence-electron chi connectivity index (χ2n) is 7.25. The molecule has 0 spiro atoms. The summed E-state index contributed by atoms with van der Waals surface area (Å²) < 4.78 is 47.1. The van der Waals surface area contributed by atoms with Crippen LogP contribution in [-0.4, -0.2) is 21.9 Å². The van der Waals surface area contributed by atoms with E-state index in [1.54, 1.807) is 6.07 Å². The van der Waals surface area contributed by atoms with Gasteiger partial charge in [0.05, 0.1) is 24.8 Å². The molecule has 1 aliphatic rings. The standard InChI is InChI=1S/C21H21F3N4O2/c1-2-13-3-5-15(6-4-13)17-9-18(21(22,23)24)28-19(27-17)16(11-26-28)20(29)25-10-14-7-8-30-12-14/h3-8,11-12,17-18,27H,2,9-10H2,1H3,(H,25,29)/t17-,18+/m0/s1. The third kappa shape index (κ3) is 3.92. The number of furan rings is 1. The highest BCUT2D eigenvalue weighted by Crippen LogP contribution is 2.44. The number of fused-ring (bicyclic) bond motifs is 1. The Morgan fingerprint density at radius 2 is 2.03 bits per heavy atom. The molecule has 0 fully saturated rings. The number of benzene rings is 1. The molecule has 3 aromatic rings. The average molecular weight is 418 g/mol. The molecule has 2 aromatic heterocycles. The van der Waals surface area contributed by atoms with Crippen LogP contribution >= 0.6 is 0 Å².